The van der Waals surface area contributed by atoms with E-state index in [-0.39, 0.29) is 0 Å². The van der Waals surface area contributed by atoms with E-state index < -0.39 is 3.23 Å². The molecular weight excluding hydrogens is 354 g/mol. The third-order valence-electron chi connectivity index (χ3n) is 3.16. The largest absolute Gasteiger partial charge is 0.354 e. The number of allylic oxidation sites excluding steroid dienone is 1. The summed E-state index contributed by atoms with van der Waals surface area (Å²) in [6.45, 7) is 3.86. The van der Waals surface area contributed by atoms with Gasteiger partial charge in [0.05, 0.1) is 5.52 Å². The molecule has 1 heterocycles. The Kier molecular flexibility index (Phi) is 2.83. The maximum Gasteiger partial charge on any atom is 0.125 e. The van der Waals surface area contributed by atoms with E-state index in [4.69, 9.17) is 0 Å². The summed E-state index contributed by atoms with van der Waals surface area (Å²) in [4.78, 5) is 3.48. The maximum absolute atomic E-state index is 3.86. The number of rotatable bonds is 2. The molecule has 3 heteroatoms. The molecule has 90 valence electrons. The Labute approximate surface area is 122 Å². The summed E-state index contributed by atoms with van der Waals surface area (Å²) in [6.07, 6.45) is 1.84. The highest BCUT2D eigenvalue weighted by molar-refractivity contribution is 9.25. The Morgan fingerprint density at radius 2 is 1.72 bits per heavy atom. The van der Waals surface area contributed by atoms with Gasteiger partial charge >= 0.3 is 0 Å². The van der Waals surface area contributed by atoms with Gasteiger partial charge in [-0.1, -0.05) is 74.3 Å². The average Bonchev–Trinajstić information content (AvgIpc) is 2.77. The second-order valence-electron chi connectivity index (χ2n) is 4.23. The summed E-state index contributed by atoms with van der Waals surface area (Å²) in [5.41, 5.74) is 3.42. The van der Waals surface area contributed by atoms with Gasteiger partial charge in [0, 0.05) is 21.9 Å². The quantitative estimate of drug-likeness (QED) is 0.459. The predicted molar refractivity (Wildman–Crippen MR) is 85.5 cm³/mol. The van der Waals surface area contributed by atoms with Crippen LogP contribution in [0.1, 0.15) is 5.56 Å². The van der Waals surface area contributed by atoms with Crippen molar-refractivity contribution < 1.29 is 0 Å². The van der Waals surface area contributed by atoms with Crippen LogP contribution >= 0.6 is 31.9 Å². The van der Waals surface area contributed by atoms with Gasteiger partial charge in [-0.2, -0.15) is 0 Å². The predicted octanol–water partition coefficient (Wildman–Crippen LogP) is 5.45. The number of para-hydroxylation sites is 2. The van der Waals surface area contributed by atoms with E-state index in [2.05, 4.69) is 79.8 Å². The van der Waals surface area contributed by atoms with E-state index >= 15 is 0 Å². The number of halogens is 2. The topological polar surface area (TPSA) is 15.8 Å². The van der Waals surface area contributed by atoms with Crippen LogP contribution < -0.4 is 0 Å². The van der Waals surface area contributed by atoms with Crippen LogP contribution in [0.5, 0.6) is 0 Å². The van der Waals surface area contributed by atoms with Crippen LogP contribution in [-0.2, 0) is 3.23 Å². The van der Waals surface area contributed by atoms with Crippen molar-refractivity contribution in [3.63, 3.8) is 0 Å². The molecule has 0 bridgehead atoms. The van der Waals surface area contributed by atoms with Crippen molar-refractivity contribution in [3.05, 3.63) is 60.7 Å². The Morgan fingerprint density at radius 3 is 2.50 bits per heavy atom. The third-order valence-corrected chi connectivity index (χ3v) is 4.66. The lowest BCUT2D eigenvalue weighted by molar-refractivity contribution is 1.21. The number of H-pyrrole nitrogens is 1. The fraction of sp³-hybridized carbons (Fsp3) is 0.0667. The number of nitrogens with one attached hydrogen (secondary N) is 1. The molecule has 2 aromatic carbocycles. The first-order valence-electron chi connectivity index (χ1n) is 5.65. The van der Waals surface area contributed by atoms with Crippen LogP contribution in [-0.4, -0.2) is 4.98 Å². The van der Waals surface area contributed by atoms with Crippen molar-refractivity contribution in [3.8, 4) is 0 Å². The van der Waals surface area contributed by atoms with Crippen molar-refractivity contribution in [2.75, 3.05) is 0 Å². The highest BCUT2D eigenvalue weighted by atomic mass is 79.9. The molecule has 1 aromatic heterocycles. The highest BCUT2D eigenvalue weighted by Crippen LogP contribution is 2.43. The molecule has 0 radical (unpaired) electrons. The van der Waals surface area contributed by atoms with E-state index in [1.807, 2.05) is 12.1 Å². The molecule has 1 nitrogen and oxygen atoms in total. The Balaban J connectivity index is 2.45. The van der Waals surface area contributed by atoms with Crippen LogP contribution in [0.25, 0.3) is 21.8 Å². The lowest BCUT2D eigenvalue weighted by atomic mass is 10.1. The second kappa shape index (κ2) is 4.25. The van der Waals surface area contributed by atoms with Crippen LogP contribution in [0.15, 0.2) is 55.1 Å². The van der Waals surface area contributed by atoms with Crippen molar-refractivity contribution in [1.82, 2.24) is 4.98 Å². The summed E-state index contributed by atoms with van der Waals surface area (Å²) in [5.74, 6) is 0. The number of alkyl halides is 2. The molecule has 0 atom stereocenters. The van der Waals surface area contributed by atoms with E-state index in [1.54, 1.807) is 0 Å². The molecule has 0 aliphatic carbocycles. The SMILES string of the molecule is C=CC(Br)(Br)c1cccc2c1[nH]c1ccccc12. The van der Waals surface area contributed by atoms with Gasteiger partial charge in [0.15, 0.2) is 0 Å². The Hall–Kier alpha value is -1.06. The molecule has 18 heavy (non-hydrogen) atoms. The minimum absolute atomic E-state index is 0.402. The van der Waals surface area contributed by atoms with Crippen LogP contribution in [0.2, 0.25) is 0 Å². The number of hydrogen-bond donors (Lipinski definition) is 1. The zero-order valence-electron chi connectivity index (χ0n) is 9.58. The monoisotopic (exact) mass is 363 g/mol. The zero-order valence-corrected chi connectivity index (χ0v) is 12.8. The lowest BCUT2D eigenvalue weighted by Gasteiger charge is -2.16. The molecule has 1 N–H and O–H groups in total. The lowest BCUT2D eigenvalue weighted by Crippen LogP contribution is -2.04. The van der Waals surface area contributed by atoms with Gasteiger partial charge in [-0.3, -0.25) is 0 Å². The first-order chi connectivity index (χ1) is 8.63. The number of benzene rings is 2. The average molecular weight is 365 g/mol. The first kappa shape index (κ1) is 12.0. The molecular formula is C15H11Br2N. The summed E-state index contributed by atoms with van der Waals surface area (Å²) >= 11 is 7.29. The second-order valence-corrected chi connectivity index (χ2v) is 7.79. The molecule has 0 unspecified atom stereocenters. The Morgan fingerprint density at radius 1 is 1.00 bits per heavy atom. The van der Waals surface area contributed by atoms with E-state index in [0.717, 1.165) is 16.6 Å². The number of aromatic nitrogens is 1. The first-order valence-corrected chi connectivity index (χ1v) is 7.23. The fourth-order valence-corrected chi connectivity index (χ4v) is 2.92. The van der Waals surface area contributed by atoms with E-state index in [1.165, 1.54) is 10.8 Å². The normalized spacial score (nSPS) is 12.1. The summed E-state index contributed by atoms with van der Waals surface area (Å²) in [7, 11) is 0. The van der Waals surface area contributed by atoms with E-state index in [9.17, 15) is 0 Å². The van der Waals surface area contributed by atoms with Crippen LogP contribution in [0.3, 0.4) is 0 Å². The van der Waals surface area contributed by atoms with E-state index in [0.29, 0.717) is 0 Å². The van der Waals surface area contributed by atoms with Crippen molar-refractivity contribution in [1.29, 1.82) is 0 Å². The summed E-state index contributed by atoms with van der Waals surface area (Å²) in [6, 6.07) is 14.6. The molecule has 3 aromatic rings. The van der Waals surface area contributed by atoms with Crippen molar-refractivity contribution in [2.45, 2.75) is 3.23 Å². The van der Waals surface area contributed by atoms with Crippen LogP contribution in [0.4, 0.5) is 0 Å². The minimum Gasteiger partial charge on any atom is -0.354 e. The standard InChI is InChI=1S/C15H11Br2N/c1-2-15(16,17)12-8-5-7-11-10-6-3-4-9-13(10)18-14(11)12/h2-9,18H,1H2. The Bertz CT molecular complexity index is 740. The maximum atomic E-state index is 3.86. The highest BCUT2D eigenvalue weighted by Gasteiger charge is 2.24. The number of hydrogen-bond acceptors (Lipinski definition) is 0. The van der Waals surface area contributed by atoms with Crippen LogP contribution in [0, 0.1) is 0 Å². The molecule has 0 spiro atoms. The smallest absolute Gasteiger partial charge is 0.125 e. The molecule has 0 aliphatic heterocycles. The summed E-state index contributed by atoms with van der Waals surface area (Å²) in [5, 5.41) is 2.47. The number of fused-ring (bicyclic) bond motifs is 3. The third kappa shape index (κ3) is 1.73. The van der Waals surface area contributed by atoms with Gasteiger partial charge in [0.25, 0.3) is 0 Å². The van der Waals surface area contributed by atoms with Gasteiger partial charge in [-0.25, -0.2) is 0 Å². The molecule has 0 fully saturated rings. The van der Waals surface area contributed by atoms with Gasteiger partial charge < -0.3 is 4.98 Å². The van der Waals surface area contributed by atoms with Gasteiger partial charge in [-0.05, 0) is 6.07 Å². The van der Waals surface area contributed by atoms with Crippen molar-refractivity contribution in [2.24, 2.45) is 0 Å². The molecule has 0 aliphatic rings. The number of aromatic amines is 1. The molecule has 0 saturated carbocycles. The molecule has 0 saturated heterocycles. The zero-order chi connectivity index (χ0) is 12.8. The summed E-state index contributed by atoms with van der Waals surface area (Å²) < 4.78 is -0.402. The van der Waals surface area contributed by atoms with Crippen molar-refractivity contribution >= 4 is 53.7 Å². The van der Waals surface area contributed by atoms with Gasteiger partial charge in [0.2, 0.25) is 0 Å². The molecule has 0 amide bonds. The van der Waals surface area contributed by atoms with Gasteiger partial charge in [0.1, 0.15) is 3.23 Å². The minimum atomic E-state index is -0.402. The fourth-order valence-electron chi connectivity index (χ4n) is 2.26. The van der Waals surface area contributed by atoms with Gasteiger partial charge in [-0.15, -0.1) is 6.58 Å². The molecule has 3 rings (SSSR count).